The van der Waals surface area contributed by atoms with Gasteiger partial charge in [-0.2, -0.15) is 13.2 Å². The van der Waals surface area contributed by atoms with Crippen LogP contribution in [0.3, 0.4) is 0 Å². The van der Waals surface area contributed by atoms with Crippen molar-refractivity contribution in [3.63, 3.8) is 0 Å². The Morgan fingerprint density at radius 1 is 1.38 bits per heavy atom. The van der Waals surface area contributed by atoms with Gasteiger partial charge in [0.1, 0.15) is 0 Å². The van der Waals surface area contributed by atoms with Crippen molar-refractivity contribution < 1.29 is 18.0 Å². The molecule has 1 N–H and O–H groups in total. The van der Waals surface area contributed by atoms with Gasteiger partial charge in [0.2, 0.25) is 11.7 Å². The summed E-state index contributed by atoms with van der Waals surface area (Å²) in [6.45, 7) is 3.51. The number of rotatable bonds is 4. The Morgan fingerprint density at radius 3 is 2.58 bits per heavy atom. The number of carbonyl (C=O) groups is 1. The van der Waals surface area contributed by atoms with Crippen molar-refractivity contribution in [3.8, 4) is 0 Å². The lowest BCUT2D eigenvalue weighted by Crippen LogP contribution is -2.23. The molecule has 0 fully saturated rings. The molecule has 24 heavy (non-hydrogen) atoms. The van der Waals surface area contributed by atoms with E-state index < -0.39 is 17.3 Å². The van der Waals surface area contributed by atoms with Crippen LogP contribution in [0.1, 0.15) is 18.3 Å². The van der Waals surface area contributed by atoms with Crippen molar-refractivity contribution in [1.82, 2.24) is 14.8 Å². The number of carbonyl (C=O) groups excluding carboxylic acids is 1. The zero-order valence-electron chi connectivity index (χ0n) is 13.0. The van der Waals surface area contributed by atoms with Gasteiger partial charge in [0.25, 0.3) is 0 Å². The summed E-state index contributed by atoms with van der Waals surface area (Å²) in [6, 6.07) is 5.45. The maximum atomic E-state index is 12.7. The number of anilines is 1. The van der Waals surface area contributed by atoms with E-state index in [0.717, 1.165) is 26.4 Å². The van der Waals surface area contributed by atoms with Crippen LogP contribution in [-0.2, 0) is 18.0 Å². The second kappa shape index (κ2) is 7.14. The third-order valence-corrected chi connectivity index (χ3v) is 4.91. The molecule has 0 aliphatic carbocycles. The Kier molecular flexibility index (Phi) is 5.59. The van der Waals surface area contributed by atoms with Crippen LogP contribution < -0.4 is 5.32 Å². The molecular formula is C14H14BrF3N4OS. The van der Waals surface area contributed by atoms with Crippen LogP contribution in [0.2, 0.25) is 0 Å². The highest BCUT2D eigenvalue weighted by Crippen LogP contribution is 2.31. The van der Waals surface area contributed by atoms with E-state index in [1.165, 1.54) is 7.05 Å². The highest BCUT2D eigenvalue weighted by molar-refractivity contribution is 9.10. The number of hydrogen-bond donors (Lipinski definition) is 1. The number of thioether (sulfide) groups is 1. The van der Waals surface area contributed by atoms with Gasteiger partial charge in [-0.25, -0.2) is 0 Å². The number of nitrogens with one attached hydrogen (secondary N) is 1. The van der Waals surface area contributed by atoms with E-state index in [0.29, 0.717) is 5.69 Å². The van der Waals surface area contributed by atoms with E-state index in [2.05, 4.69) is 31.4 Å². The van der Waals surface area contributed by atoms with Crippen molar-refractivity contribution in [1.29, 1.82) is 0 Å². The highest BCUT2D eigenvalue weighted by Gasteiger charge is 2.37. The summed E-state index contributed by atoms with van der Waals surface area (Å²) in [7, 11) is 1.21. The first-order valence-electron chi connectivity index (χ1n) is 6.80. The predicted molar refractivity (Wildman–Crippen MR) is 88.8 cm³/mol. The first-order chi connectivity index (χ1) is 11.1. The number of hydrogen-bond acceptors (Lipinski definition) is 4. The van der Waals surface area contributed by atoms with Crippen molar-refractivity contribution in [2.45, 2.75) is 30.4 Å². The summed E-state index contributed by atoms with van der Waals surface area (Å²) in [4.78, 5) is 12.2. The van der Waals surface area contributed by atoms with Crippen LogP contribution in [0.4, 0.5) is 18.9 Å². The lowest BCUT2D eigenvalue weighted by Gasteiger charge is -2.13. The quantitative estimate of drug-likeness (QED) is 0.755. The highest BCUT2D eigenvalue weighted by atomic mass is 79.9. The molecule has 1 atom stereocenters. The number of alkyl halides is 3. The first kappa shape index (κ1) is 18.8. The maximum Gasteiger partial charge on any atom is 0.451 e. The maximum absolute atomic E-state index is 12.7. The number of amides is 1. The molecule has 2 rings (SSSR count). The van der Waals surface area contributed by atoms with Gasteiger partial charge in [-0.15, -0.1) is 10.2 Å². The van der Waals surface area contributed by atoms with Crippen LogP contribution in [0.5, 0.6) is 0 Å². The fourth-order valence-corrected chi connectivity index (χ4v) is 3.24. The number of benzene rings is 1. The van der Waals surface area contributed by atoms with Crippen molar-refractivity contribution >= 4 is 39.3 Å². The largest absolute Gasteiger partial charge is 0.451 e. The summed E-state index contributed by atoms with van der Waals surface area (Å²) in [5.74, 6) is -1.44. The van der Waals surface area contributed by atoms with Gasteiger partial charge >= 0.3 is 6.18 Å². The van der Waals surface area contributed by atoms with Gasteiger partial charge in [-0.3, -0.25) is 4.79 Å². The number of aromatic nitrogens is 3. The molecule has 10 heteroatoms. The second-order valence-electron chi connectivity index (χ2n) is 5.10. The minimum Gasteiger partial charge on any atom is -0.324 e. The molecule has 1 amide bonds. The molecule has 1 heterocycles. The van der Waals surface area contributed by atoms with E-state index in [-0.39, 0.29) is 11.1 Å². The van der Waals surface area contributed by atoms with Crippen molar-refractivity contribution in [2.75, 3.05) is 5.32 Å². The molecule has 1 aromatic carbocycles. The van der Waals surface area contributed by atoms with Crippen molar-refractivity contribution in [3.05, 3.63) is 34.1 Å². The van der Waals surface area contributed by atoms with Gasteiger partial charge in [0, 0.05) is 11.5 Å². The van der Waals surface area contributed by atoms with Crippen LogP contribution in [-0.4, -0.2) is 25.9 Å². The van der Waals surface area contributed by atoms with Gasteiger partial charge in [-0.05, 0) is 47.5 Å². The molecular weight excluding hydrogens is 409 g/mol. The Morgan fingerprint density at radius 2 is 2.04 bits per heavy atom. The van der Waals surface area contributed by atoms with Gasteiger partial charge < -0.3 is 9.88 Å². The van der Waals surface area contributed by atoms with Gasteiger partial charge in [-0.1, -0.05) is 17.8 Å². The third kappa shape index (κ3) is 4.29. The Balaban J connectivity index is 2.08. The van der Waals surface area contributed by atoms with Crippen LogP contribution in [0.25, 0.3) is 0 Å². The predicted octanol–water partition coefficient (Wildman–Crippen LogP) is 4.02. The zero-order valence-corrected chi connectivity index (χ0v) is 15.4. The monoisotopic (exact) mass is 422 g/mol. The standard InChI is InChI=1S/C14H14BrF3N4OS/c1-7-4-5-10(9(15)6-7)19-11(23)8(2)24-13-21-20-12(22(13)3)14(16,17)18/h4-6,8H,1-3H3,(H,19,23). The van der Waals surface area contributed by atoms with E-state index in [9.17, 15) is 18.0 Å². The molecule has 0 saturated carbocycles. The zero-order chi connectivity index (χ0) is 18.1. The van der Waals surface area contributed by atoms with Crippen LogP contribution >= 0.6 is 27.7 Å². The Bertz CT molecular complexity index is 763. The van der Waals surface area contributed by atoms with Gasteiger partial charge in [0.05, 0.1) is 10.9 Å². The molecule has 0 aliphatic rings. The fraction of sp³-hybridized carbons (Fsp3) is 0.357. The molecule has 0 aliphatic heterocycles. The molecule has 130 valence electrons. The minimum atomic E-state index is -4.58. The number of nitrogens with zero attached hydrogens (tertiary/aromatic N) is 3. The molecule has 0 bridgehead atoms. The van der Waals surface area contributed by atoms with Crippen LogP contribution in [0, 0.1) is 6.92 Å². The normalized spacial score (nSPS) is 13.0. The molecule has 5 nitrogen and oxygen atoms in total. The van der Waals surface area contributed by atoms with Crippen LogP contribution in [0.15, 0.2) is 27.8 Å². The van der Waals surface area contributed by atoms with E-state index >= 15 is 0 Å². The second-order valence-corrected chi connectivity index (χ2v) is 7.26. The average Bonchev–Trinajstić information content (AvgIpc) is 2.83. The smallest absolute Gasteiger partial charge is 0.324 e. The third-order valence-electron chi connectivity index (χ3n) is 3.12. The van der Waals surface area contributed by atoms with E-state index in [1.807, 2.05) is 19.1 Å². The molecule has 1 unspecified atom stereocenters. The number of halogens is 4. The Hall–Kier alpha value is -1.55. The molecule has 2 aromatic rings. The minimum absolute atomic E-state index is 0.0212. The van der Waals surface area contributed by atoms with Crippen molar-refractivity contribution in [2.24, 2.45) is 7.05 Å². The fourth-order valence-electron chi connectivity index (χ4n) is 1.83. The Labute approximate surface area is 149 Å². The SMILES string of the molecule is Cc1ccc(NC(=O)C(C)Sc2nnc(C(F)(F)F)n2C)c(Br)c1. The topological polar surface area (TPSA) is 59.8 Å². The first-order valence-corrected chi connectivity index (χ1v) is 8.47. The average molecular weight is 423 g/mol. The van der Waals surface area contributed by atoms with E-state index in [1.54, 1.807) is 13.0 Å². The summed E-state index contributed by atoms with van der Waals surface area (Å²) < 4.78 is 39.7. The summed E-state index contributed by atoms with van der Waals surface area (Å²) >= 11 is 4.26. The number of aryl methyl sites for hydroxylation is 1. The summed E-state index contributed by atoms with van der Waals surface area (Å²) in [5, 5.41) is 8.74. The lowest BCUT2D eigenvalue weighted by molar-refractivity contribution is -0.147. The molecule has 0 spiro atoms. The molecule has 0 radical (unpaired) electrons. The molecule has 0 saturated heterocycles. The van der Waals surface area contributed by atoms with Gasteiger partial charge in [0.15, 0.2) is 5.16 Å². The lowest BCUT2D eigenvalue weighted by atomic mass is 10.2. The summed E-state index contributed by atoms with van der Waals surface area (Å²) in [5.41, 5.74) is 1.62. The molecule has 1 aromatic heterocycles. The summed E-state index contributed by atoms with van der Waals surface area (Å²) in [6.07, 6.45) is -4.58. The van der Waals surface area contributed by atoms with E-state index in [4.69, 9.17) is 0 Å².